The van der Waals surface area contributed by atoms with Crippen molar-refractivity contribution in [2.75, 3.05) is 32.2 Å². The van der Waals surface area contributed by atoms with Gasteiger partial charge in [-0.25, -0.2) is 0 Å². The van der Waals surface area contributed by atoms with Gasteiger partial charge in [0.15, 0.2) is 6.61 Å². The molecule has 1 heterocycles. The number of hydrogen-bond donors (Lipinski definition) is 1. The summed E-state index contributed by atoms with van der Waals surface area (Å²) in [5.74, 6) is -0.178. The Morgan fingerprint density at radius 3 is 2.61 bits per heavy atom. The molecule has 0 saturated carbocycles. The van der Waals surface area contributed by atoms with Gasteiger partial charge in [-0.3, -0.25) is 19.3 Å². The van der Waals surface area contributed by atoms with Crippen LogP contribution in [-0.2, 0) is 14.3 Å². The average molecular weight is 441 g/mol. The molecule has 1 aliphatic heterocycles. The molecule has 0 aliphatic carbocycles. The molecule has 0 unspecified atom stereocenters. The zero-order chi connectivity index (χ0) is 22.2. The second-order valence-corrected chi connectivity index (χ2v) is 7.91. The van der Waals surface area contributed by atoms with E-state index in [0.717, 1.165) is 17.3 Å². The lowest BCUT2D eigenvalue weighted by Crippen LogP contribution is -2.29. The first-order valence-electron chi connectivity index (χ1n) is 9.80. The molecule has 3 rings (SSSR count). The number of para-hydroxylation sites is 1. The molecule has 0 bridgehead atoms. The third kappa shape index (κ3) is 6.19. The summed E-state index contributed by atoms with van der Waals surface area (Å²) in [5.41, 5.74) is 2.41. The number of methoxy groups -OCH3 is 1. The number of ether oxygens (including phenoxy) is 2. The number of carbonyl (C=O) groups excluding carboxylic acids is 3. The van der Waals surface area contributed by atoms with Gasteiger partial charge in [0.1, 0.15) is 5.75 Å². The van der Waals surface area contributed by atoms with E-state index in [1.54, 1.807) is 37.5 Å². The molecule has 0 spiro atoms. The maximum Gasteiger partial charge on any atom is 0.293 e. The monoisotopic (exact) mass is 440 g/mol. The fourth-order valence-electron chi connectivity index (χ4n) is 2.91. The maximum atomic E-state index is 12.6. The minimum absolute atomic E-state index is 0.183. The molecule has 0 atom stereocenters. The van der Waals surface area contributed by atoms with Gasteiger partial charge in [0.25, 0.3) is 17.1 Å². The molecule has 0 aromatic heterocycles. The third-order valence-corrected chi connectivity index (χ3v) is 5.41. The minimum Gasteiger partial charge on any atom is -0.483 e. The number of imide groups is 1. The summed E-state index contributed by atoms with van der Waals surface area (Å²) >= 11 is 0.894. The van der Waals surface area contributed by atoms with E-state index in [1.807, 2.05) is 31.2 Å². The summed E-state index contributed by atoms with van der Waals surface area (Å²) in [6.45, 7) is 2.58. The van der Waals surface area contributed by atoms with Gasteiger partial charge in [-0.1, -0.05) is 35.9 Å². The molecule has 162 valence electrons. The SMILES string of the molecule is COCCCN1C(=O)S/C(=C/c2ccccc2OCC(=O)Nc2ccc(C)cc2)C1=O. The van der Waals surface area contributed by atoms with Crippen molar-refractivity contribution >= 4 is 40.6 Å². The van der Waals surface area contributed by atoms with E-state index in [2.05, 4.69) is 5.32 Å². The fourth-order valence-corrected chi connectivity index (χ4v) is 3.77. The van der Waals surface area contributed by atoms with Crippen LogP contribution in [0, 0.1) is 6.92 Å². The quantitative estimate of drug-likeness (QED) is 0.467. The van der Waals surface area contributed by atoms with Crippen molar-refractivity contribution in [3.05, 3.63) is 64.6 Å². The summed E-state index contributed by atoms with van der Waals surface area (Å²) in [5, 5.41) is 2.47. The first kappa shape index (κ1) is 22.6. The second kappa shape index (κ2) is 10.8. The molecular formula is C23H24N2O5S. The zero-order valence-corrected chi connectivity index (χ0v) is 18.2. The number of thioether (sulfide) groups is 1. The topological polar surface area (TPSA) is 84.9 Å². The Labute approximate surface area is 185 Å². The Balaban J connectivity index is 1.65. The zero-order valence-electron chi connectivity index (χ0n) is 17.4. The predicted molar refractivity (Wildman–Crippen MR) is 121 cm³/mol. The van der Waals surface area contributed by atoms with Crippen molar-refractivity contribution in [1.29, 1.82) is 0 Å². The van der Waals surface area contributed by atoms with Gasteiger partial charge < -0.3 is 14.8 Å². The van der Waals surface area contributed by atoms with E-state index in [-0.39, 0.29) is 23.7 Å². The van der Waals surface area contributed by atoms with Gasteiger partial charge in [-0.2, -0.15) is 0 Å². The van der Waals surface area contributed by atoms with Crippen LogP contribution in [0.1, 0.15) is 17.5 Å². The average Bonchev–Trinajstić information content (AvgIpc) is 3.02. The Morgan fingerprint density at radius 2 is 1.87 bits per heavy atom. The van der Waals surface area contributed by atoms with E-state index < -0.39 is 0 Å². The Kier molecular flexibility index (Phi) is 7.86. The van der Waals surface area contributed by atoms with E-state index in [0.29, 0.717) is 41.5 Å². The molecule has 0 radical (unpaired) electrons. The molecule has 8 heteroatoms. The highest BCUT2D eigenvalue weighted by molar-refractivity contribution is 8.18. The van der Waals surface area contributed by atoms with Crippen molar-refractivity contribution in [1.82, 2.24) is 4.90 Å². The highest BCUT2D eigenvalue weighted by atomic mass is 32.2. The van der Waals surface area contributed by atoms with E-state index in [4.69, 9.17) is 9.47 Å². The van der Waals surface area contributed by atoms with Crippen molar-refractivity contribution < 1.29 is 23.9 Å². The fraction of sp³-hybridized carbons (Fsp3) is 0.261. The molecule has 1 fully saturated rings. The standard InChI is InChI=1S/C23H24N2O5S/c1-16-8-10-18(11-9-16)24-21(26)15-30-19-7-4-3-6-17(19)14-20-22(27)25(23(28)31-20)12-5-13-29-2/h3-4,6-11,14H,5,12-13,15H2,1-2H3,(H,24,26)/b20-14+. The first-order valence-corrected chi connectivity index (χ1v) is 10.6. The minimum atomic E-state index is -0.335. The first-order chi connectivity index (χ1) is 15.0. The van der Waals surface area contributed by atoms with Crippen LogP contribution < -0.4 is 10.1 Å². The smallest absolute Gasteiger partial charge is 0.293 e. The number of benzene rings is 2. The van der Waals surface area contributed by atoms with Crippen LogP contribution in [0.3, 0.4) is 0 Å². The number of nitrogens with one attached hydrogen (secondary N) is 1. The van der Waals surface area contributed by atoms with Gasteiger partial charge in [0.2, 0.25) is 0 Å². The molecule has 3 amide bonds. The van der Waals surface area contributed by atoms with Crippen LogP contribution in [-0.4, -0.2) is 48.8 Å². The van der Waals surface area contributed by atoms with E-state index >= 15 is 0 Å². The number of amides is 3. The van der Waals surface area contributed by atoms with Gasteiger partial charge in [-0.05, 0) is 49.4 Å². The van der Waals surface area contributed by atoms with Crippen LogP contribution >= 0.6 is 11.8 Å². The van der Waals surface area contributed by atoms with Crippen molar-refractivity contribution in [2.45, 2.75) is 13.3 Å². The molecule has 2 aromatic carbocycles. The Morgan fingerprint density at radius 1 is 1.13 bits per heavy atom. The van der Waals surface area contributed by atoms with Crippen LogP contribution in [0.2, 0.25) is 0 Å². The summed E-state index contributed by atoms with van der Waals surface area (Å²) in [6, 6.07) is 14.5. The lowest BCUT2D eigenvalue weighted by Gasteiger charge is -2.12. The second-order valence-electron chi connectivity index (χ2n) is 6.92. The Bertz CT molecular complexity index is 988. The predicted octanol–water partition coefficient (Wildman–Crippen LogP) is 4.09. The third-order valence-electron chi connectivity index (χ3n) is 4.50. The van der Waals surface area contributed by atoms with E-state index in [9.17, 15) is 14.4 Å². The number of anilines is 1. The Hall–Kier alpha value is -3.10. The molecule has 31 heavy (non-hydrogen) atoms. The molecule has 1 aliphatic rings. The number of nitrogens with zero attached hydrogens (tertiary/aromatic N) is 1. The largest absolute Gasteiger partial charge is 0.483 e. The van der Waals surface area contributed by atoms with Crippen LogP contribution in [0.4, 0.5) is 10.5 Å². The van der Waals surface area contributed by atoms with Crippen molar-refractivity contribution in [3.8, 4) is 5.75 Å². The normalized spacial score (nSPS) is 14.9. The number of aryl methyl sites for hydroxylation is 1. The van der Waals surface area contributed by atoms with E-state index in [1.165, 1.54) is 4.90 Å². The molecule has 1 saturated heterocycles. The summed E-state index contributed by atoms with van der Waals surface area (Å²) in [4.78, 5) is 38.5. The lowest BCUT2D eigenvalue weighted by atomic mass is 10.2. The summed E-state index contributed by atoms with van der Waals surface area (Å²) < 4.78 is 10.7. The molecule has 7 nitrogen and oxygen atoms in total. The van der Waals surface area contributed by atoms with Crippen molar-refractivity contribution in [3.63, 3.8) is 0 Å². The molecule has 2 aromatic rings. The summed E-state index contributed by atoms with van der Waals surface area (Å²) in [7, 11) is 1.58. The molecule has 1 N–H and O–H groups in total. The molecular weight excluding hydrogens is 416 g/mol. The van der Waals surface area contributed by atoms with Crippen LogP contribution in [0.5, 0.6) is 5.75 Å². The van der Waals surface area contributed by atoms with Crippen molar-refractivity contribution in [2.24, 2.45) is 0 Å². The van der Waals surface area contributed by atoms with Gasteiger partial charge >= 0.3 is 0 Å². The highest BCUT2D eigenvalue weighted by Crippen LogP contribution is 2.34. The number of hydrogen-bond acceptors (Lipinski definition) is 6. The lowest BCUT2D eigenvalue weighted by molar-refractivity contribution is -0.123. The number of rotatable bonds is 9. The maximum absolute atomic E-state index is 12.6. The van der Waals surface area contributed by atoms with Gasteiger partial charge in [0, 0.05) is 31.5 Å². The van der Waals surface area contributed by atoms with Gasteiger partial charge in [0.05, 0.1) is 4.91 Å². The highest BCUT2D eigenvalue weighted by Gasteiger charge is 2.34. The van der Waals surface area contributed by atoms with Crippen LogP contribution in [0.25, 0.3) is 6.08 Å². The summed E-state index contributed by atoms with van der Waals surface area (Å²) in [6.07, 6.45) is 2.20. The van der Waals surface area contributed by atoms with Crippen LogP contribution in [0.15, 0.2) is 53.4 Å². The number of carbonyl (C=O) groups is 3. The van der Waals surface area contributed by atoms with Gasteiger partial charge in [-0.15, -0.1) is 0 Å².